The highest BCUT2D eigenvalue weighted by atomic mass is 79.9. The maximum atomic E-state index is 11.7. The molecule has 0 aliphatic heterocycles. The summed E-state index contributed by atoms with van der Waals surface area (Å²) in [5.41, 5.74) is -0.320. The van der Waals surface area contributed by atoms with E-state index in [1.54, 1.807) is 25.5 Å². The number of hydrogen-bond acceptors (Lipinski definition) is 2. The SMILES string of the molecule is Cn1ccn(Cc2ccc(Br)cc2Cl)c(=O)c1=O. The van der Waals surface area contributed by atoms with E-state index in [0.717, 1.165) is 10.0 Å². The average molecular weight is 330 g/mol. The highest BCUT2D eigenvalue weighted by molar-refractivity contribution is 9.10. The van der Waals surface area contributed by atoms with Gasteiger partial charge in [-0.15, -0.1) is 0 Å². The van der Waals surface area contributed by atoms with Crippen molar-refractivity contribution in [2.75, 3.05) is 0 Å². The van der Waals surface area contributed by atoms with E-state index in [0.29, 0.717) is 5.02 Å². The van der Waals surface area contributed by atoms with E-state index in [2.05, 4.69) is 15.9 Å². The lowest BCUT2D eigenvalue weighted by molar-refractivity contribution is 0.695. The minimum atomic E-state index is -0.556. The summed E-state index contributed by atoms with van der Waals surface area (Å²) < 4.78 is 3.46. The molecule has 0 bridgehead atoms. The van der Waals surface area contributed by atoms with E-state index in [1.807, 2.05) is 12.1 Å². The lowest BCUT2D eigenvalue weighted by Crippen LogP contribution is -2.39. The predicted octanol–water partition coefficient (Wildman–Crippen LogP) is 2.01. The van der Waals surface area contributed by atoms with E-state index in [-0.39, 0.29) is 6.54 Å². The molecule has 0 saturated carbocycles. The Morgan fingerprint density at radius 1 is 1.22 bits per heavy atom. The fourth-order valence-electron chi connectivity index (χ4n) is 1.55. The standard InChI is InChI=1S/C12H10BrClN2O2/c1-15-4-5-16(12(18)11(15)17)7-8-2-3-9(13)6-10(8)14/h2-6H,7H2,1H3. The Kier molecular flexibility index (Phi) is 3.73. The van der Waals surface area contributed by atoms with Gasteiger partial charge in [0, 0.05) is 28.9 Å². The highest BCUT2D eigenvalue weighted by Gasteiger charge is 2.06. The van der Waals surface area contributed by atoms with Gasteiger partial charge in [0.05, 0.1) is 6.54 Å². The van der Waals surface area contributed by atoms with Crippen molar-refractivity contribution in [2.45, 2.75) is 6.54 Å². The first-order valence-electron chi connectivity index (χ1n) is 5.19. The zero-order chi connectivity index (χ0) is 13.3. The molecule has 94 valence electrons. The second kappa shape index (κ2) is 5.12. The van der Waals surface area contributed by atoms with Gasteiger partial charge in [-0.05, 0) is 17.7 Å². The summed E-state index contributed by atoms with van der Waals surface area (Å²) in [6, 6.07) is 5.41. The number of rotatable bonds is 2. The normalized spacial score (nSPS) is 10.6. The Morgan fingerprint density at radius 3 is 2.61 bits per heavy atom. The summed E-state index contributed by atoms with van der Waals surface area (Å²) in [5, 5.41) is 0.553. The van der Waals surface area contributed by atoms with Gasteiger partial charge in [-0.1, -0.05) is 33.6 Å². The van der Waals surface area contributed by atoms with E-state index in [4.69, 9.17) is 11.6 Å². The van der Waals surface area contributed by atoms with Crippen molar-refractivity contribution in [3.05, 3.63) is 66.4 Å². The molecule has 0 fully saturated rings. The summed E-state index contributed by atoms with van der Waals surface area (Å²) in [4.78, 5) is 23.3. The monoisotopic (exact) mass is 328 g/mol. The van der Waals surface area contributed by atoms with E-state index >= 15 is 0 Å². The molecule has 1 aromatic carbocycles. The van der Waals surface area contributed by atoms with Crippen molar-refractivity contribution in [3.63, 3.8) is 0 Å². The Balaban J connectivity index is 2.44. The maximum Gasteiger partial charge on any atom is 0.316 e. The Bertz CT molecular complexity index is 706. The van der Waals surface area contributed by atoms with Crippen LogP contribution < -0.4 is 11.1 Å². The molecule has 1 heterocycles. The minimum Gasteiger partial charge on any atom is -0.312 e. The van der Waals surface area contributed by atoms with Crippen LogP contribution in [0.2, 0.25) is 5.02 Å². The molecule has 0 aliphatic rings. The van der Waals surface area contributed by atoms with Crippen molar-refractivity contribution in [1.29, 1.82) is 0 Å². The van der Waals surface area contributed by atoms with E-state index in [9.17, 15) is 9.59 Å². The first-order chi connectivity index (χ1) is 8.49. The van der Waals surface area contributed by atoms with Gasteiger partial charge in [0.2, 0.25) is 0 Å². The van der Waals surface area contributed by atoms with Crippen LogP contribution >= 0.6 is 27.5 Å². The van der Waals surface area contributed by atoms with Crippen LogP contribution in [0.3, 0.4) is 0 Å². The number of hydrogen-bond donors (Lipinski definition) is 0. The first kappa shape index (κ1) is 13.1. The average Bonchev–Trinajstić information content (AvgIpc) is 2.33. The van der Waals surface area contributed by atoms with Crippen molar-refractivity contribution >= 4 is 27.5 Å². The number of benzene rings is 1. The van der Waals surface area contributed by atoms with Crippen molar-refractivity contribution < 1.29 is 0 Å². The zero-order valence-electron chi connectivity index (χ0n) is 9.56. The van der Waals surface area contributed by atoms with Crippen LogP contribution in [-0.2, 0) is 13.6 Å². The highest BCUT2D eigenvalue weighted by Crippen LogP contribution is 2.21. The van der Waals surface area contributed by atoms with Gasteiger partial charge >= 0.3 is 11.1 Å². The minimum absolute atomic E-state index is 0.279. The molecule has 0 atom stereocenters. The van der Waals surface area contributed by atoms with Crippen molar-refractivity contribution in [2.24, 2.45) is 7.05 Å². The quantitative estimate of drug-likeness (QED) is 0.791. The fraction of sp³-hybridized carbons (Fsp3) is 0.167. The maximum absolute atomic E-state index is 11.7. The molecule has 0 radical (unpaired) electrons. The molecule has 2 rings (SSSR count). The second-order valence-electron chi connectivity index (χ2n) is 3.88. The molecule has 2 aromatic rings. The van der Waals surface area contributed by atoms with Crippen LogP contribution in [0.15, 0.2) is 44.7 Å². The Labute approximate surface area is 117 Å². The van der Waals surface area contributed by atoms with Crippen LogP contribution in [0, 0.1) is 0 Å². The molecular weight excluding hydrogens is 320 g/mol. The predicted molar refractivity (Wildman–Crippen MR) is 74.2 cm³/mol. The molecule has 4 nitrogen and oxygen atoms in total. The number of aryl methyl sites for hydroxylation is 1. The van der Waals surface area contributed by atoms with E-state index < -0.39 is 11.1 Å². The Morgan fingerprint density at radius 2 is 1.94 bits per heavy atom. The second-order valence-corrected chi connectivity index (χ2v) is 5.21. The van der Waals surface area contributed by atoms with Gasteiger partial charge in [0.1, 0.15) is 0 Å². The van der Waals surface area contributed by atoms with Gasteiger partial charge in [-0.2, -0.15) is 0 Å². The largest absolute Gasteiger partial charge is 0.316 e. The summed E-state index contributed by atoms with van der Waals surface area (Å²) in [5.74, 6) is 0. The van der Waals surface area contributed by atoms with Gasteiger partial charge in [-0.25, -0.2) is 0 Å². The van der Waals surface area contributed by atoms with Crippen molar-refractivity contribution in [3.8, 4) is 0 Å². The molecule has 18 heavy (non-hydrogen) atoms. The fourth-order valence-corrected chi connectivity index (χ4v) is 2.28. The van der Waals surface area contributed by atoms with Gasteiger partial charge in [0.25, 0.3) is 0 Å². The number of aromatic nitrogens is 2. The summed E-state index contributed by atoms with van der Waals surface area (Å²) in [6.07, 6.45) is 3.12. The topological polar surface area (TPSA) is 44.0 Å². The van der Waals surface area contributed by atoms with E-state index in [1.165, 1.54) is 9.13 Å². The third-order valence-corrected chi connectivity index (χ3v) is 3.44. The van der Waals surface area contributed by atoms with Crippen LogP contribution in [0.25, 0.3) is 0 Å². The zero-order valence-corrected chi connectivity index (χ0v) is 11.9. The molecule has 0 unspecified atom stereocenters. The van der Waals surface area contributed by atoms with Crippen LogP contribution in [0.1, 0.15) is 5.56 Å². The third kappa shape index (κ3) is 2.57. The summed E-state index contributed by atoms with van der Waals surface area (Å²) in [6.45, 7) is 0.279. The lowest BCUT2D eigenvalue weighted by Gasteiger charge is -2.08. The molecular formula is C12H10BrClN2O2. The van der Waals surface area contributed by atoms with Crippen molar-refractivity contribution in [1.82, 2.24) is 9.13 Å². The van der Waals surface area contributed by atoms with Gasteiger partial charge in [0.15, 0.2) is 0 Å². The summed E-state index contributed by atoms with van der Waals surface area (Å²) in [7, 11) is 1.54. The molecule has 0 aliphatic carbocycles. The molecule has 0 spiro atoms. The lowest BCUT2D eigenvalue weighted by atomic mass is 10.2. The Hall–Kier alpha value is -1.33. The number of nitrogens with zero attached hydrogens (tertiary/aromatic N) is 2. The smallest absolute Gasteiger partial charge is 0.312 e. The van der Waals surface area contributed by atoms with Crippen LogP contribution in [0.4, 0.5) is 0 Å². The summed E-state index contributed by atoms with van der Waals surface area (Å²) >= 11 is 9.39. The third-order valence-electron chi connectivity index (χ3n) is 2.59. The molecule has 1 aromatic heterocycles. The molecule has 0 amide bonds. The molecule has 6 heteroatoms. The van der Waals surface area contributed by atoms with Gasteiger partial charge in [-0.3, -0.25) is 9.59 Å². The van der Waals surface area contributed by atoms with Crippen LogP contribution in [0.5, 0.6) is 0 Å². The first-order valence-corrected chi connectivity index (χ1v) is 6.36. The number of halogens is 2. The molecule has 0 N–H and O–H groups in total. The van der Waals surface area contributed by atoms with Gasteiger partial charge < -0.3 is 9.13 Å². The molecule has 0 saturated heterocycles. The van der Waals surface area contributed by atoms with Crippen LogP contribution in [-0.4, -0.2) is 9.13 Å².